The van der Waals surface area contributed by atoms with E-state index >= 15 is 0 Å². The number of ether oxygens (including phenoxy) is 1. The Hall–Kier alpha value is -2.29. The molecule has 0 radical (unpaired) electrons. The predicted molar refractivity (Wildman–Crippen MR) is 123 cm³/mol. The van der Waals surface area contributed by atoms with Crippen LogP contribution in [0.1, 0.15) is 25.3 Å². The van der Waals surface area contributed by atoms with Crippen molar-refractivity contribution in [3.8, 4) is 5.75 Å². The smallest absolute Gasteiger partial charge is 0.304 e. The van der Waals surface area contributed by atoms with Crippen LogP contribution in [0.3, 0.4) is 0 Å². The van der Waals surface area contributed by atoms with Gasteiger partial charge in [0.2, 0.25) is 5.91 Å². The topological polar surface area (TPSA) is 79.0 Å². The molecule has 1 saturated heterocycles. The van der Waals surface area contributed by atoms with Crippen LogP contribution in [-0.2, 0) is 21.5 Å². The third kappa shape index (κ3) is 5.70. The summed E-state index contributed by atoms with van der Waals surface area (Å²) in [5.74, 6) is 0.139. The average molecular weight is 466 g/mol. The van der Waals surface area contributed by atoms with Gasteiger partial charge in [0.05, 0.1) is 18.7 Å². The molecule has 0 unspecified atom stereocenters. The Kier molecular flexibility index (Phi) is 7.80. The first-order chi connectivity index (χ1) is 14.8. The van der Waals surface area contributed by atoms with Crippen LogP contribution in [0, 0.1) is 5.92 Å². The minimum atomic E-state index is -3.75. The van der Waals surface area contributed by atoms with E-state index in [0.29, 0.717) is 48.9 Å². The van der Waals surface area contributed by atoms with E-state index in [1.165, 1.54) is 8.61 Å². The Morgan fingerprint density at radius 2 is 1.87 bits per heavy atom. The van der Waals surface area contributed by atoms with Gasteiger partial charge in [0.1, 0.15) is 5.75 Å². The molecule has 0 aromatic heterocycles. The van der Waals surface area contributed by atoms with Crippen LogP contribution in [0.4, 0.5) is 5.69 Å². The summed E-state index contributed by atoms with van der Waals surface area (Å²) in [6.45, 7) is 3.03. The molecule has 1 N–H and O–H groups in total. The molecule has 1 aliphatic rings. The highest BCUT2D eigenvalue weighted by Gasteiger charge is 2.35. The molecule has 1 fully saturated rings. The van der Waals surface area contributed by atoms with Gasteiger partial charge in [-0.25, -0.2) is 0 Å². The van der Waals surface area contributed by atoms with Crippen LogP contribution < -0.4 is 14.4 Å². The highest BCUT2D eigenvalue weighted by atomic mass is 35.5. The Labute approximate surface area is 189 Å². The molecule has 2 aromatic rings. The summed E-state index contributed by atoms with van der Waals surface area (Å²) in [7, 11) is -2.19. The SMILES string of the molecule is CCN(c1ccc(OC)cc1)S(=O)(=O)N1CCC[C@@H](C(=O)NCc2ccc(Cl)cc2)C1. The lowest BCUT2D eigenvalue weighted by Gasteiger charge is -2.35. The molecule has 1 heterocycles. The molecule has 0 aliphatic carbocycles. The number of halogens is 1. The van der Waals surface area contributed by atoms with Crippen LogP contribution in [-0.4, -0.2) is 45.4 Å². The summed E-state index contributed by atoms with van der Waals surface area (Å²) in [6, 6.07) is 14.2. The zero-order valence-electron chi connectivity index (χ0n) is 17.8. The molecule has 0 bridgehead atoms. The number of rotatable bonds is 8. The van der Waals surface area contributed by atoms with E-state index in [1.54, 1.807) is 50.4 Å². The number of piperidine rings is 1. The van der Waals surface area contributed by atoms with Crippen molar-refractivity contribution in [1.29, 1.82) is 0 Å². The van der Waals surface area contributed by atoms with Crippen LogP contribution in [0.15, 0.2) is 48.5 Å². The number of carbonyl (C=O) groups excluding carboxylic acids is 1. The highest BCUT2D eigenvalue weighted by molar-refractivity contribution is 7.90. The van der Waals surface area contributed by atoms with E-state index in [0.717, 1.165) is 5.56 Å². The van der Waals surface area contributed by atoms with E-state index in [4.69, 9.17) is 16.3 Å². The van der Waals surface area contributed by atoms with Crippen molar-refractivity contribution in [3.05, 3.63) is 59.1 Å². The van der Waals surface area contributed by atoms with Crippen molar-refractivity contribution in [3.63, 3.8) is 0 Å². The van der Waals surface area contributed by atoms with Crippen molar-refractivity contribution < 1.29 is 17.9 Å². The number of hydrogen-bond acceptors (Lipinski definition) is 4. The van der Waals surface area contributed by atoms with Gasteiger partial charge in [-0.2, -0.15) is 12.7 Å². The number of benzene rings is 2. The van der Waals surface area contributed by atoms with E-state index in [-0.39, 0.29) is 18.4 Å². The zero-order chi connectivity index (χ0) is 22.4. The van der Waals surface area contributed by atoms with Crippen molar-refractivity contribution in [2.45, 2.75) is 26.3 Å². The third-order valence-corrected chi connectivity index (χ3v) is 7.65. The summed E-state index contributed by atoms with van der Waals surface area (Å²) in [6.07, 6.45) is 1.30. The van der Waals surface area contributed by atoms with Crippen molar-refractivity contribution in [2.75, 3.05) is 31.0 Å². The van der Waals surface area contributed by atoms with Gasteiger partial charge in [0.25, 0.3) is 0 Å². The molecule has 2 aromatic carbocycles. The fourth-order valence-electron chi connectivity index (χ4n) is 3.67. The largest absolute Gasteiger partial charge is 0.497 e. The Morgan fingerprint density at radius 1 is 1.19 bits per heavy atom. The maximum Gasteiger partial charge on any atom is 0.304 e. The van der Waals surface area contributed by atoms with Gasteiger partial charge < -0.3 is 10.1 Å². The Morgan fingerprint density at radius 3 is 2.48 bits per heavy atom. The number of carbonyl (C=O) groups is 1. The van der Waals surface area contributed by atoms with Crippen LogP contribution >= 0.6 is 11.6 Å². The summed E-state index contributed by atoms with van der Waals surface area (Å²) < 4.78 is 34.6. The standard InChI is InChI=1S/C22H28ClN3O4S/c1-3-26(20-10-12-21(30-2)13-11-20)31(28,29)25-14-4-5-18(16-25)22(27)24-15-17-6-8-19(23)9-7-17/h6-13,18H,3-5,14-16H2,1-2H3,(H,24,27)/t18-/m1/s1. The van der Waals surface area contributed by atoms with Crippen LogP contribution in [0.25, 0.3) is 0 Å². The lowest BCUT2D eigenvalue weighted by molar-refractivity contribution is -0.126. The summed E-state index contributed by atoms with van der Waals surface area (Å²) in [5.41, 5.74) is 1.51. The minimum absolute atomic E-state index is 0.137. The first-order valence-electron chi connectivity index (χ1n) is 10.3. The van der Waals surface area contributed by atoms with Gasteiger partial charge in [0, 0.05) is 31.2 Å². The van der Waals surface area contributed by atoms with Gasteiger partial charge in [-0.1, -0.05) is 23.7 Å². The van der Waals surface area contributed by atoms with E-state index in [1.807, 2.05) is 12.1 Å². The molecular formula is C22H28ClN3O4S. The number of hydrogen-bond donors (Lipinski definition) is 1. The van der Waals surface area contributed by atoms with Crippen LogP contribution in [0.2, 0.25) is 5.02 Å². The molecule has 3 rings (SSSR count). The number of amides is 1. The Balaban J connectivity index is 1.66. The first-order valence-corrected chi connectivity index (χ1v) is 12.1. The van der Waals surface area contributed by atoms with Crippen LogP contribution in [0.5, 0.6) is 5.75 Å². The Bertz CT molecular complexity index is 981. The van der Waals surface area contributed by atoms with E-state index < -0.39 is 10.2 Å². The maximum absolute atomic E-state index is 13.3. The molecule has 9 heteroatoms. The lowest BCUT2D eigenvalue weighted by atomic mass is 9.99. The van der Waals surface area contributed by atoms with Crippen molar-refractivity contribution in [1.82, 2.24) is 9.62 Å². The highest BCUT2D eigenvalue weighted by Crippen LogP contribution is 2.27. The summed E-state index contributed by atoms with van der Waals surface area (Å²) in [5, 5.41) is 3.56. The lowest BCUT2D eigenvalue weighted by Crippen LogP contribution is -2.50. The molecule has 1 aliphatic heterocycles. The first kappa shape index (κ1) is 23.4. The molecule has 31 heavy (non-hydrogen) atoms. The van der Waals surface area contributed by atoms with Crippen molar-refractivity contribution >= 4 is 33.4 Å². The normalized spacial score (nSPS) is 17.2. The van der Waals surface area contributed by atoms with Crippen molar-refractivity contribution in [2.24, 2.45) is 5.92 Å². The fourth-order valence-corrected chi connectivity index (χ4v) is 5.52. The van der Waals surface area contributed by atoms with Gasteiger partial charge in [-0.3, -0.25) is 9.10 Å². The second-order valence-electron chi connectivity index (χ2n) is 7.41. The van der Waals surface area contributed by atoms with E-state index in [9.17, 15) is 13.2 Å². The van der Waals surface area contributed by atoms with Gasteiger partial charge >= 0.3 is 10.2 Å². The summed E-state index contributed by atoms with van der Waals surface area (Å²) in [4.78, 5) is 12.7. The third-order valence-electron chi connectivity index (χ3n) is 5.39. The second kappa shape index (κ2) is 10.3. The molecular weight excluding hydrogens is 438 g/mol. The molecule has 7 nitrogen and oxygen atoms in total. The quantitative estimate of drug-likeness (QED) is 0.647. The molecule has 1 atom stereocenters. The summed E-state index contributed by atoms with van der Waals surface area (Å²) >= 11 is 5.89. The zero-order valence-corrected chi connectivity index (χ0v) is 19.3. The second-order valence-corrected chi connectivity index (χ2v) is 9.70. The molecule has 1 amide bonds. The van der Waals surface area contributed by atoms with Gasteiger partial charge in [0.15, 0.2) is 0 Å². The number of anilines is 1. The van der Waals surface area contributed by atoms with Gasteiger partial charge in [-0.05, 0) is 61.7 Å². The number of nitrogens with zero attached hydrogens (tertiary/aromatic N) is 2. The number of nitrogens with one attached hydrogen (secondary N) is 1. The maximum atomic E-state index is 13.3. The van der Waals surface area contributed by atoms with E-state index in [2.05, 4.69) is 5.32 Å². The van der Waals surface area contributed by atoms with Gasteiger partial charge in [-0.15, -0.1) is 0 Å². The fraction of sp³-hybridized carbons (Fsp3) is 0.409. The molecule has 0 saturated carbocycles. The average Bonchev–Trinajstić information content (AvgIpc) is 2.79. The monoisotopic (exact) mass is 465 g/mol. The number of methoxy groups -OCH3 is 1. The molecule has 0 spiro atoms. The predicted octanol–water partition coefficient (Wildman–Crippen LogP) is 3.45. The molecule has 168 valence electrons. The minimum Gasteiger partial charge on any atom is -0.497 e.